The van der Waals surface area contributed by atoms with Crippen molar-refractivity contribution in [3.63, 3.8) is 0 Å². The van der Waals surface area contributed by atoms with Crippen molar-refractivity contribution >= 4 is 23.7 Å². The lowest BCUT2D eigenvalue weighted by atomic mass is 10.3. The molecule has 1 aromatic carbocycles. The quantitative estimate of drug-likeness (QED) is 0.285. The largest absolute Gasteiger partial charge is 0.461 e. The predicted molar refractivity (Wildman–Crippen MR) is 60.1 cm³/mol. The van der Waals surface area contributed by atoms with E-state index in [0.717, 1.165) is 18.2 Å². The lowest BCUT2D eigenvalue weighted by Crippen LogP contribution is -2.20. The highest BCUT2D eigenvalue weighted by Gasteiger charge is 2.12. The molecule has 0 aromatic heterocycles. The molecule has 0 spiro atoms. The van der Waals surface area contributed by atoms with Crippen molar-refractivity contribution in [3.8, 4) is 0 Å². The van der Waals surface area contributed by atoms with Gasteiger partial charge in [-0.15, -0.1) is 0 Å². The summed E-state index contributed by atoms with van der Waals surface area (Å²) >= 11 is 0. The zero-order valence-electron chi connectivity index (χ0n) is 9.44. The molecule has 0 bridgehead atoms. The van der Waals surface area contributed by atoms with Crippen LogP contribution in [0.15, 0.2) is 23.3 Å². The average Bonchev–Trinajstić information content (AvgIpc) is 2.34. The Labute approximate surface area is 101 Å². The van der Waals surface area contributed by atoms with Gasteiger partial charge >= 0.3 is 5.97 Å². The number of aldehydes is 1. The highest BCUT2D eigenvalue weighted by Crippen LogP contribution is 2.14. The molecule has 7 heteroatoms. The van der Waals surface area contributed by atoms with Gasteiger partial charge in [0.15, 0.2) is 6.29 Å². The number of nitrogens with one attached hydrogen (secondary N) is 1. The van der Waals surface area contributed by atoms with Crippen molar-refractivity contribution in [2.24, 2.45) is 5.10 Å². The minimum absolute atomic E-state index is 0.0695. The lowest BCUT2D eigenvalue weighted by Gasteiger charge is -2.03. The Balaban J connectivity index is 2.86. The van der Waals surface area contributed by atoms with Gasteiger partial charge in [0, 0.05) is 6.07 Å². The van der Waals surface area contributed by atoms with E-state index >= 15 is 0 Å². The van der Waals surface area contributed by atoms with Crippen molar-refractivity contribution in [3.05, 3.63) is 29.8 Å². The Morgan fingerprint density at radius 1 is 1.50 bits per heavy atom. The molecule has 0 aliphatic rings. The monoisotopic (exact) mass is 256 g/mol. The Morgan fingerprint density at radius 2 is 2.22 bits per heavy atom. The summed E-state index contributed by atoms with van der Waals surface area (Å²) in [6, 6.07) is 2.65. The number of hydrazone groups is 1. The van der Waals surface area contributed by atoms with E-state index in [9.17, 15) is 18.4 Å². The summed E-state index contributed by atoms with van der Waals surface area (Å²) in [6.45, 7) is 1.63. The summed E-state index contributed by atoms with van der Waals surface area (Å²) < 4.78 is 30.5. The van der Waals surface area contributed by atoms with Gasteiger partial charge in [-0.25, -0.2) is 13.6 Å². The Hall–Kier alpha value is -2.31. The van der Waals surface area contributed by atoms with Gasteiger partial charge in [0.25, 0.3) is 0 Å². The number of hydrogen-bond acceptors (Lipinski definition) is 5. The Bertz CT molecular complexity index is 489. The van der Waals surface area contributed by atoms with Gasteiger partial charge in [-0.1, -0.05) is 0 Å². The number of carbonyl (C=O) groups is 2. The maximum absolute atomic E-state index is 13.2. The van der Waals surface area contributed by atoms with Crippen LogP contribution < -0.4 is 5.43 Å². The van der Waals surface area contributed by atoms with Crippen molar-refractivity contribution in [1.29, 1.82) is 0 Å². The summed E-state index contributed by atoms with van der Waals surface area (Å²) in [5.41, 5.74) is 1.22. The second kappa shape index (κ2) is 6.43. The van der Waals surface area contributed by atoms with Crippen LogP contribution in [0.5, 0.6) is 0 Å². The van der Waals surface area contributed by atoms with E-state index in [4.69, 9.17) is 0 Å². The minimum atomic E-state index is -0.947. The van der Waals surface area contributed by atoms with Crippen LogP contribution in [0.2, 0.25) is 0 Å². The molecule has 0 unspecified atom stereocenters. The van der Waals surface area contributed by atoms with Gasteiger partial charge in [0.05, 0.1) is 12.3 Å². The fraction of sp³-hybridized carbons (Fsp3) is 0.182. The smallest absolute Gasteiger partial charge is 0.362 e. The van der Waals surface area contributed by atoms with Crippen LogP contribution in [0.4, 0.5) is 14.5 Å². The zero-order valence-corrected chi connectivity index (χ0v) is 9.44. The molecule has 0 saturated heterocycles. The molecule has 96 valence electrons. The molecule has 18 heavy (non-hydrogen) atoms. The van der Waals surface area contributed by atoms with Crippen molar-refractivity contribution in [2.75, 3.05) is 12.0 Å². The molecule has 0 atom stereocenters. The Morgan fingerprint density at radius 3 is 2.83 bits per heavy atom. The van der Waals surface area contributed by atoms with Crippen molar-refractivity contribution in [1.82, 2.24) is 0 Å². The van der Waals surface area contributed by atoms with Gasteiger partial charge < -0.3 is 4.74 Å². The molecule has 0 heterocycles. The van der Waals surface area contributed by atoms with Gasteiger partial charge in [-0.3, -0.25) is 10.2 Å². The topological polar surface area (TPSA) is 67.8 Å². The van der Waals surface area contributed by atoms with Crippen LogP contribution in [0.1, 0.15) is 6.92 Å². The highest BCUT2D eigenvalue weighted by atomic mass is 19.1. The van der Waals surface area contributed by atoms with Gasteiger partial charge in [0.1, 0.15) is 11.6 Å². The van der Waals surface area contributed by atoms with Gasteiger partial charge in [-0.05, 0) is 19.1 Å². The summed E-state index contributed by atoms with van der Waals surface area (Å²) in [7, 11) is 0. The first-order valence-electron chi connectivity index (χ1n) is 4.99. The number of carbonyl (C=O) groups excluding carboxylic acids is 2. The van der Waals surface area contributed by atoms with E-state index < -0.39 is 23.3 Å². The van der Waals surface area contributed by atoms with E-state index in [-0.39, 0.29) is 18.6 Å². The number of esters is 1. The number of benzene rings is 1. The molecule has 0 amide bonds. The number of halogens is 2. The second-order valence-electron chi connectivity index (χ2n) is 3.07. The zero-order chi connectivity index (χ0) is 13.5. The second-order valence-corrected chi connectivity index (χ2v) is 3.07. The molecule has 0 radical (unpaired) electrons. The van der Waals surface area contributed by atoms with Gasteiger partial charge in [0.2, 0.25) is 5.71 Å². The minimum Gasteiger partial charge on any atom is -0.461 e. The van der Waals surface area contributed by atoms with Crippen LogP contribution in [-0.4, -0.2) is 24.6 Å². The summed E-state index contributed by atoms with van der Waals surface area (Å²) in [6.07, 6.45) is 0.155. The molecule has 1 rings (SSSR count). The van der Waals surface area contributed by atoms with E-state index in [1.165, 1.54) is 0 Å². The molecule has 0 fully saturated rings. The van der Waals surface area contributed by atoms with E-state index in [2.05, 4.69) is 15.3 Å². The summed E-state index contributed by atoms with van der Waals surface area (Å²) in [5.74, 6) is -2.40. The third-order valence-corrected chi connectivity index (χ3v) is 1.82. The number of rotatable bonds is 5. The van der Waals surface area contributed by atoms with E-state index in [1.54, 1.807) is 6.92 Å². The van der Waals surface area contributed by atoms with Gasteiger partial charge in [-0.2, -0.15) is 5.10 Å². The predicted octanol–water partition coefficient (Wildman–Crippen LogP) is 1.49. The third-order valence-electron chi connectivity index (χ3n) is 1.82. The van der Waals surface area contributed by atoms with Crippen LogP contribution in [-0.2, 0) is 14.3 Å². The number of ether oxygens (including phenoxy) is 1. The Kier molecular flexibility index (Phi) is 4.91. The molecule has 0 aliphatic heterocycles. The third kappa shape index (κ3) is 3.62. The highest BCUT2D eigenvalue weighted by molar-refractivity contribution is 6.58. The number of hydrogen-bond donors (Lipinski definition) is 1. The average molecular weight is 256 g/mol. The number of anilines is 1. The standard InChI is InChI=1S/C11H10F2N2O3/c1-2-18-11(17)10(6-16)15-14-9-5-7(12)3-4-8(9)13/h3-6,14H,2H2,1H3/b15-10+. The molecular formula is C11H10F2N2O3. The molecule has 1 N–H and O–H groups in total. The summed E-state index contributed by atoms with van der Waals surface area (Å²) in [5, 5.41) is 3.35. The van der Waals surface area contributed by atoms with Crippen molar-refractivity contribution < 1.29 is 23.1 Å². The van der Waals surface area contributed by atoms with Crippen LogP contribution in [0.25, 0.3) is 0 Å². The first-order chi connectivity index (χ1) is 8.58. The van der Waals surface area contributed by atoms with Crippen LogP contribution in [0, 0.1) is 11.6 Å². The molecule has 5 nitrogen and oxygen atoms in total. The normalized spacial score (nSPS) is 10.9. The maximum Gasteiger partial charge on any atom is 0.362 e. The molecular weight excluding hydrogens is 246 g/mol. The van der Waals surface area contributed by atoms with Crippen LogP contribution in [0.3, 0.4) is 0 Å². The molecule has 1 aromatic rings. The first kappa shape index (κ1) is 13.8. The number of nitrogens with zero attached hydrogens (tertiary/aromatic N) is 1. The first-order valence-corrected chi connectivity index (χ1v) is 4.99. The fourth-order valence-electron chi connectivity index (χ4n) is 1.03. The SMILES string of the molecule is CCOC(=O)/C(C=O)=N/Nc1cc(F)ccc1F. The molecule has 0 saturated carbocycles. The maximum atomic E-state index is 13.2. The van der Waals surface area contributed by atoms with E-state index in [1.807, 2.05) is 0 Å². The molecule has 0 aliphatic carbocycles. The fourth-order valence-corrected chi connectivity index (χ4v) is 1.03. The summed E-state index contributed by atoms with van der Waals surface area (Å²) in [4.78, 5) is 21.7. The van der Waals surface area contributed by atoms with Crippen LogP contribution >= 0.6 is 0 Å². The lowest BCUT2D eigenvalue weighted by molar-refractivity contribution is -0.135. The van der Waals surface area contributed by atoms with Crippen molar-refractivity contribution in [2.45, 2.75) is 6.92 Å². The van der Waals surface area contributed by atoms with E-state index in [0.29, 0.717) is 0 Å².